The molecule has 39 heavy (non-hydrogen) atoms. The van der Waals surface area contributed by atoms with Crippen molar-refractivity contribution in [3.8, 4) is 0 Å². The molecule has 0 unspecified atom stereocenters. The molecular weight excluding hydrogens is 505 g/mol. The summed E-state index contributed by atoms with van der Waals surface area (Å²) in [7, 11) is 0. The van der Waals surface area contributed by atoms with Crippen LogP contribution in [0.15, 0.2) is 85.2 Å². The van der Waals surface area contributed by atoms with Gasteiger partial charge < -0.3 is 15.0 Å². The summed E-state index contributed by atoms with van der Waals surface area (Å²) in [5.41, 5.74) is 5.78. The van der Waals surface area contributed by atoms with Crippen molar-refractivity contribution in [2.45, 2.75) is 52.0 Å². The number of anilines is 1. The molecule has 0 spiro atoms. The van der Waals surface area contributed by atoms with Gasteiger partial charge in [0.1, 0.15) is 0 Å². The summed E-state index contributed by atoms with van der Waals surface area (Å²) in [6, 6.07) is 29.0. The van der Waals surface area contributed by atoms with Crippen molar-refractivity contribution in [1.82, 2.24) is 14.5 Å². The van der Waals surface area contributed by atoms with Gasteiger partial charge in [0.15, 0.2) is 0 Å². The minimum absolute atomic E-state index is 0.0787. The molecule has 9 heteroatoms. The summed E-state index contributed by atoms with van der Waals surface area (Å²) >= 11 is 0. The fourth-order valence-corrected chi connectivity index (χ4v) is 4.57. The Bertz CT molecular complexity index is 1280. The molecule has 1 aromatic heterocycles. The minimum atomic E-state index is -5.08. The molecule has 4 rings (SSSR count). The van der Waals surface area contributed by atoms with Crippen molar-refractivity contribution in [1.29, 1.82) is 0 Å². The summed E-state index contributed by atoms with van der Waals surface area (Å²) < 4.78 is 34.0. The van der Waals surface area contributed by atoms with E-state index < -0.39 is 12.1 Å². The first-order chi connectivity index (χ1) is 18.5. The lowest BCUT2D eigenvalue weighted by Crippen LogP contribution is -2.40. The van der Waals surface area contributed by atoms with Crippen molar-refractivity contribution >= 4 is 22.7 Å². The molecule has 0 bridgehead atoms. The largest absolute Gasteiger partial charge is 0.490 e. The highest BCUT2D eigenvalue weighted by Gasteiger charge is 2.38. The molecule has 208 valence electrons. The first-order valence-corrected chi connectivity index (χ1v) is 12.8. The number of carboxylic acids is 1. The first-order valence-electron chi connectivity index (χ1n) is 12.8. The third kappa shape index (κ3) is 8.07. The van der Waals surface area contributed by atoms with Crippen LogP contribution in [0.1, 0.15) is 44.9 Å². The molecule has 6 nitrogen and oxygen atoms in total. The molecule has 0 atom stereocenters. The van der Waals surface area contributed by atoms with Crippen LogP contribution in [0.2, 0.25) is 0 Å². The Kier molecular flexibility index (Phi) is 10.1. The number of carboxylic acid groups (broad SMARTS) is 1. The maximum Gasteiger partial charge on any atom is 0.490 e. The molecule has 3 aromatic carbocycles. The van der Waals surface area contributed by atoms with Crippen LogP contribution in [0.3, 0.4) is 0 Å². The summed E-state index contributed by atoms with van der Waals surface area (Å²) in [4.78, 5) is 16.1. The molecule has 1 heterocycles. The summed E-state index contributed by atoms with van der Waals surface area (Å²) in [5, 5.41) is 10.8. The van der Waals surface area contributed by atoms with Crippen LogP contribution in [0.5, 0.6) is 0 Å². The van der Waals surface area contributed by atoms with Gasteiger partial charge in [0.2, 0.25) is 0 Å². The molecule has 0 aliphatic rings. The van der Waals surface area contributed by atoms with Crippen LogP contribution in [0.4, 0.5) is 18.9 Å². The number of halogens is 3. The number of alkyl halides is 3. The topological polar surface area (TPSA) is 70.4 Å². The van der Waals surface area contributed by atoms with Gasteiger partial charge in [0.25, 0.3) is 0 Å². The zero-order valence-electron chi connectivity index (χ0n) is 22.6. The van der Waals surface area contributed by atoms with Crippen LogP contribution in [-0.4, -0.2) is 56.9 Å². The average molecular weight is 541 g/mol. The minimum Gasteiger partial charge on any atom is -0.475 e. The fourth-order valence-electron chi connectivity index (χ4n) is 4.57. The van der Waals surface area contributed by atoms with Gasteiger partial charge in [-0.1, -0.05) is 60.7 Å². The van der Waals surface area contributed by atoms with E-state index in [2.05, 4.69) is 121 Å². The number of aliphatic carboxylic acids is 1. The number of hydrogen-bond acceptors (Lipinski definition) is 4. The highest BCUT2D eigenvalue weighted by Crippen LogP contribution is 2.31. The Balaban J connectivity index is 0.000000532. The quantitative estimate of drug-likeness (QED) is 0.243. The van der Waals surface area contributed by atoms with Gasteiger partial charge >= 0.3 is 12.1 Å². The van der Waals surface area contributed by atoms with Crippen LogP contribution < -0.4 is 5.32 Å². The summed E-state index contributed by atoms with van der Waals surface area (Å²) in [5.74, 6) is -2.76. The number of nitrogens with one attached hydrogen (secondary N) is 1. The molecule has 2 N–H and O–H groups in total. The number of fused-ring (bicyclic) bond motifs is 1. The van der Waals surface area contributed by atoms with Crippen molar-refractivity contribution in [3.05, 3.63) is 96.3 Å². The van der Waals surface area contributed by atoms with Crippen LogP contribution >= 0.6 is 0 Å². The van der Waals surface area contributed by atoms with Crippen LogP contribution in [-0.2, 0) is 4.79 Å². The van der Waals surface area contributed by atoms with E-state index in [1.54, 1.807) is 0 Å². The van der Waals surface area contributed by atoms with E-state index in [0.29, 0.717) is 12.1 Å². The first kappa shape index (κ1) is 29.7. The lowest BCUT2D eigenvalue weighted by Gasteiger charge is -2.30. The normalized spacial score (nSPS) is 11.8. The van der Waals surface area contributed by atoms with Gasteiger partial charge in [-0.15, -0.1) is 0 Å². The third-order valence-electron chi connectivity index (χ3n) is 6.35. The van der Waals surface area contributed by atoms with Crippen LogP contribution in [0.25, 0.3) is 11.0 Å². The summed E-state index contributed by atoms with van der Waals surface area (Å²) in [6.07, 6.45) is -3.11. The predicted octanol–water partition coefficient (Wildman–Crippen LogP) is 6.84. The molecule has 0 radical (unpaired) electrons. The fraction of sp³-hybridized carbons (Fsp3) is 0.333. The Morgan fingerprint density at radius 1 is 0.923 bits per heavy atom. The monoisotopic (exact) mass is 540 g/mol. The van der Waals surface area contributed by atoms with Gasteiger partial charge in [-0.3, -0.25) is 4.90 Å². The van der Waals surface area contributed by atoms with E-state index in [0.717, 1.165) is 29.8 Å². The van der Waals surface area contributed by atoms with Gasteiger partial charge in [-0.25, -0.2) is 9.78 Å². The zero-order chi connectivity index (χ0) is 28.6. The summed E-state index contributed by atoms with van der Waals surface area (Å²) in [6.45, 7) is 11.0. The molecule has 0 aliphatic carbocycles. The molecule has 0 amide bonds. The highest BCUT2D eigenvalue weighted by atomic mass is 19.4. The van der Waals surface area contributed by atoms with Gasteiger partial charge in [0.05, 0.1) is 23.4 Å². The molecule has 0 aliphatic heterocycles. The average Bonchev–Trinajstić information content (AvgIpc) is 3.30. The second-order valence-corrected chi connectivity index (χ2v) is 9.73. The zero-order valence-corrected chi connectivity index (χ0v) is 22.6. The number of imidazole rings is 1. The van der Waals surface area contributed by atoms with Crippen molar-refractivity contribution in [2.75, 3.05) is 18.4 Å². The lowest BCUT2D eigenvalue weighted by molar-refractivity contribution is -0.192. The van der Waals surface area contributed by atoms with E-state index >= 15 is 0 Å². The molecule has 0 fully saturated rings. The third-order valence-corrected chi connectivity index (χ3v) is 6.35. The van der Waals surface area contributed by atoms with Crippen LogP contribution in [0, 0.1) is 0 Å². The lowest BCUT2D eigenvalue weighted by atomic mass is 9.98. The Morgan fingerprint density at radius 3 is 1.90 bits per heavy atom. The maximum atomic E-state index is 10.6. The number of benzene rings is 3. The Labute approximate surface area is 227 Å². The van der Waals surface area contributed by atoms with E-state index in [4.69, 9.17) is 14.9 Å². The van der Waals surface area contributed by atoms with E-state index in [-0.39, 0.29) is 6.04 Å². The predicted molar refractivity (Wildman–Crippen MR) is 149 cm³/mol. The SMILES string of the molecule is CC(C)N(CCNc1ccc2ncn(C(c3ccccc3)c3ccccc3)c2c1)C(C)C.O=C(O)C(F)(F)F. The molecule has 0 saturated heterocycles. The molecule has 0 saturated carbocycles. The molecular formula is C30H35F3N4O2. The smallest absolute Gasteiger partial charge is 0.475 e. The van der Waals surface area contributed by atoms with Gasteiger partial charge in [-0.2, -0.15) is 13.2 Å². The van der Waals surface area contributed by atoms with Crippen molar-refractivity contribution in [3.63, 3.8) is 0 Å². The second kappa shape index (κ2) is 13.3. The number of carbonyl (C=O) groups is 1. The number of rotatable bonds is 9. The second-order valence-electron chi connectivity index (χ2n) is 9.73. The number of hydrogen-bond donors (Lipinski definition) is 2. The molecule has 4 aromatic rings. The standard InChI is InChI=1S/C28H34N4.C2HF3O2/c1-21(2)31(22(3)4)18-17-29-25-15-16-26-27(19-25)32(20-30-26)28(23-11-7-5-8-12-23)24-13-9-6-10-14-24;3-2(4,5)1(6)7/h5-16,19-22,28-29H,17-18H2,1-4H3;(H,6,7). The van der Waals surface area contributed by atoms with Crippen molar-refractivity contribution in [2.24, 2.45) is 0 Å². The number of nitrogens with zero attached hydrogens (tertiary/aromatic N) is 3. The number of aromatic nitrogens is 2. The van der Waals surface area contributed by atoms with E-state index in [1.807, 2.05) is 6.33 Å². The van der Waals surface area contributed by atoms with E-state index in [1.165, 1.54) is 11.1 Å². The van der Waals surface area contributed by atoms with E-state index in [9.17, 15) is 13.2 Å². The van der Waals surface area contributed by atoms with Crippen molar-refractivity contribution < 1.29 is 23.1 Å². The maximum absolute atomic E-state index is 10.6. The van der Waals surface area contributed by atoms with Gasteiger partial charge in [0, 0.05) is 30.9 Å². The Hall–Kier alpha value is -3.85. The van der Waals surface area contributed by atoms with Gasteiger partial charge in [-0.05, 0) is 57.0 Å². The highest BCUT2D eigenvalue weighted by molar-refractivity contribution is 5.80. The Morgan fingerprint density at radius 2 is 1.44 bits per heavy atom.